The fourth-order valence-electron chi connectivity index (χ4n) is 2.08. The van der Waals surface area contributed by atoms with Crippen molar-refractivity contribution in [3.05, 3.63) is 48.0 Å². The van der Waals surface area contributed by atoms with Gasteiger partial charge in [0.15, 0.2) is 0 Å². The van der Waals surface area contributed by atoms with Crippen LogP contribution < -0.4 is 5.32 Å². The minimum absolute atomic E-state index is 0.277. The van der Waals surface area contributed by atoms with Gasteiger partial charge in [-0.15, -0.1) is 11.8 Å². The molecule has 2 aromatic rings. The van der Waals surface area contributed by atoms with Crippen LogP contribution in [0.5, 0.6) is 0 Å². The lowest BCUT2D eigenvalue weighted by Crippen LogP contribution is -2.22. The van der Waals surface area contributed by atoms with E-state index in [0.717, 1.165) is 18.1 Å². The summed E-state index contributed by atoms with van der Waals surface area (Å²) in [4.78, 5) is 5.82. The highest BCUT2D eigenvalue weighted by Gasteiger charge is 2.15. The molecule has 102 valence electrons. The van der Waals surface area contributed by atoms with Gasteiger partial charge in [-0.3, -0.25) is 0 Å². The van der Waals surface area contributed by atoms with Gasteiger partial charge in [-0.2, -0.15) is 0 Å². The fourth-order valence-corrected chi connectivity index (χ4v) is 3.21. The quantitative estimate of drug-likeness (QED) is 0.821. The first kappa shape index (κ1) is 14.2. The molecule has 19 heavy (non-hydrogen) atoms. The van der Waals surface area contributed by atoms with Crippen LogP contribution in [0.25, 0.3) is 0 Å². The van der Waals surface area contributed by atoms with Crippen molar-refractivity contribution in [3.8, 4) is 0 Å². The molecule has 0 spiro atoms. The Bertz CT molecular complexity index is 522. The van der Waals surface area contributed by atoms with E-state index in [1.165, 1.54) is 10.5 Å². The summed E-state index contributed by atoms with van der Waals surface area (Å²) in [7, 11) is 2.00. The minimum atomic E-state index is 0.277. The largest absolute Gasteiger partial charge is 0.334 e. The molecule has 0 bridgehead atoms. The van der Waals surface area contributed by atoms with Crippen LogP contribution in [0.15, 0.2) is 41.6 Å². The number of thioether (sulfide) groups is 1. The van der Waals surface area contributed by atoms with Gasteiger partial charge in [0.25, 0.3) is 0 Å². The lowest BCUT2D eigenvalue weighted by Gasteiger charge is -2.17. The molecule has 1 N–H and O–H groups in total. The molecule has 0 saturated heterocycles. The molecule has 1 aromatic heterocycles. The van der Waals surface area contributed by atoms with Gasteiger partial charge >= 0.3 is 0 Å². The second kappa shape index (κ2) is 6.78. The Morgan fingerprint density at radius 2 is 2.16 bits per heavy atom. The molecule has 0 aliphatic rings. The molecule has 1 atom stereocenters. The van der Waals surface area contributed by atoms with Crippen LogP contribution >= 0.6 is 11.8 Å². The third kappa shape index (κ3) is 3.39. The molecule has 0 aliphatic heterocycles. The Hall–Kier alpha value is -1.26. The van der Waals surface area contributed by atoms with Crippen molar-refractivity contribution in [2.24, 2.45) is 0 Å². The average molecular weight is 275 g/mol. The van der Waals surface area contributed by atoms with Crippen LogP contribution in [0.1, 0.15) is 24.4 Å². The summed E-state index contributed by atoms with van der Waals surface area (Å²) in [6.45, 7) is 5.26. The van der Waals surface area contributed by atoms with E-state index in [9.17, 15) is 0 Å². The Labute approximate surface area is 119 Å². The van der Waals surface area contributed by atoms with Gasteiger partial charge in [0.2, 0.25) is 0 Å². The molecule has 2 rings (SSSR count). The Kier molecular flexibility index (Phi) is 5.05. The molecule has 0 radical (unpaired) electrons. The molecular formula is C15H21N3S. The van der Waals surface area contributed by atoms with Crippen LogP contribution in [-0.4, -0.2) is 22.4 Å². The standard InChI is InChI=1S/C15H21N3S/c1-4-18-10-9-17-15(18)13(16-3)11-19-14-8-6-5-7-12(14)2/h5-10,13,16H,4,11H2,1-3H3. The van der Waals surface area contributed by atoms with Crippen molar-refractivity contribution in [2.45, 2.75) is 31.3 Å². The average Bonchev–Trinajstić information content (AvgIpc) is 2.90. The van der Waals surface area contributed by atoms with Crippen LogP contribution in [0.2, 0.25) is 0 Å². The van der Waals surface area contributed by atoms with E-state index in [1.807, 2.05) is 31.2 Å². The number of imidazole rings is 1. The Balaban J connectivity index is 2.06. The summed E-state index contributed by atoms with van der Waals surface area (Å²) in [5, 5.41) is 3.36. The molecule has 1 unspecified atom stereocenters. The van der Waals surface area contributed by atoms with Gasteiger partial charge in [0.05, 0.1) is 6.04 Å². The Morgan fingerprint density at radius 3 is 2.84 bits per heavy atom. The van der Waals surface area contributed by atoms with Crippen molar-refractivity contribution < 1.29 is 0 Å². The molecule has 0 saturated carbocycles. The van der Waals surface area contributed by atoms with Crippen molar-refractivity contribution in [1.29, 1.82) is 0 Å². The summed E-state index contributed by atoms with van der Waals surface area (Å²) >= 11 is 1.88. The van der Waals surface area contributed by atoms with Gasteiger partial charge in [-0.1, -0.05) is 18.2 Å². The molecule has 1 heterocycles. The SMILES string of the molecule is CCn1ccnc1C(CSc1ccccc1C)NC. The number of rotatable bonds is 6. The predicted molar refractivity (Wildman–Crippen MR) is 81.6 cm³/mol. The van der Waals surface area contributed by atoms with Crippen LogP contribution in [0, 0.1) is 6.92 Å². The van der Waals surface area contributed by atoms with Gasteiger partial charge in [-0.05, 0) is 32.5 Å². The number of hydrogen-bond donors (Lipinski definition) is 1. The predicted octanol–water partition coefficient (Wildman–Crippen LogP) is 3.26. The van der Waals surface area contributed by atoms with Crippen molar-refractivity contribution in [2.75, 3.05) is 12.8 Å². The van der Waals surface area contributed by atoms with E-state index in [-0.39, 0.29) is 6.04 Å². The highest BCUT2D eigenvalue weighted by atomic mass is 32.2. The second-order valence-corrected chi connectivity index (χ2v) is 5.55. The maximum Gasteiger partial charge on any atom is 0.126 e. The lowest BCUT2D eigenvalue weighted by atomic mass is 10.2. The number of benzene rings is 1. The normalized spacial score (nSPS) is 12.6. The summed E-state index contributed by atoms with van der Waals surface area (Å²) in [6, 6.07) is 8.79. The summed E-state index contributed by atoms with van der Waals surface area (Å²) < 4.78 is 2.19. The van der Waals surface area contributed by atoms with Gasteiger partial charge in [0, 0.05) is 29.6 Å². The number of nitrogens with one attached hydrogen (secondary N) is 1. The molecular weight excluding hydrogens is 254 g/mol. The summed E-state index contributed by atoms with van der Waals surface area (Å²) in [6.07, 6.45) is 3.92. The number of aryl methyl sites for hydroxylation is 2. The number of aromatic nitrogens is 2. The van der Waals surface area contributed by atoms with E-state index >= 15 is 0 Å². The van der Waals surface area contributed by atoms with Gasteiger partial charge in [-0.25, -0.2) is 4.98 Å². The molecule has 1 aromatic carbocycles. The molecule has 0 fully saturated rings. The monoisotopic (exact) mass is 275 g/mol. The third-order valence-electron chi connectivity index (χ3n) is 3.25. The first-order valence-corrected chi connectivity index (χ1v) is 7.61. The maximum absolute atomic E-state index is 4.48. The van der Waals surface area contributed by atoms with E-state index in [0.29, 0.717) is 0 Å². The first-order chi connectivity index (χ1) is 9.26. The van der Waals surface area contributed by atoms with Crippen molar-refractivity contribution in [1.82, 2.24) is 14.9 Å². The first-order valence-electron chi connectivity index (χ1n) is 6.63. The summed E-state index contributed by atoms with van der Waals surface area (Å²) in [5.74, 6) is 2.10. The zero-order chi connectivity index (χ0) is 13.7. The third-order valence-corrected chi connectivity index (χ3v) is 4.52. The van der Waals surface area contributed by atoms with Gasteiger partial charge < -0.3 is 9.88 Å². The zero-order valence-corrected chi connectivity index (χ0v) is 12.6. The Morgan fingerprint density at radius 1 is 1.37 bits per heavy atom. The molecule has 3 nitrogen and oxygen atoms in total. The maximum atomic E-state index is 4.48. The number of hydrogen-bond acceptors (Lipinski definition) is 3. The topological polar surface area (TPSA) is 29.9 Å². The van der Waals surface area contributed by atoms with Crippen molar-refractivity contribution >= 4 is 11.8 Å². The lowest BCUT2D eigenvalue weighted by molar-refractivity contribution is 0.570. The van der Waals surface area contributed by atoms with E-state index < -0.39 is 0 Å². The van der Waals surface area contributed by atoms with Crippen LogP contribution in [0.4, 0.5) is 0 Å². The molecule has 4 heteroatoms. The fraction of sp³-hybridized carbons (Fsp3) is 0.400. The van der Waals surface area contributed by atoms with E-state index in [1.54, 1.807) is 0 Å². The molecule has 0 amide bonds. The minimum Gasteiger partial charge on any atom is -0.334 e. The zero-order valence-electron chi connectivity index (χ0n) is 11.8. The van der Waals surface area contributed by atoms with Crippen molar-refractivity contribution in [3.63, 3.8) is 0 Å². The second-order valence-electron chi connectivity index (χ2n) is 4.49. The molecule has 0 aliphatic carbocycles. The smallest absolute Gasteiger partial charge is 0.126 e. The highest BCUT2D eigenvalue weighted by Crippen LogP contribution is 2.26. The van der Waals surface area contributed by atoms with Crippen LogP contribution in [0.3, 0.4) is 0 Å². The highest BCUT2D eigenvalue weighted by molar-refractivity contribution is 7.99. The van der Waals surface area contributed by atoms with Crippen LogP contribution in [-0.2, 0) is 6.54 Å². The van der Waals surface area contributed by atoms with E-state index in [4.69, 9.17) is 0 Å². The number of nitrogens with zero attached hydrogens (tertiary/aromatic N) is 2. The van der Waals surface area contributed by atoms with E-state index in [2.05, 4.69) is 53.0 Å². The summed E-state index contributed by atoms with van der Waals surface area (Å²) in [5.41, 5.74) is 1.33. The van der Waals surface area contributed by atoms with Gasteiger partial charge in [0.1, 0.15) is 5.82 Å².